The van der Waals surface area contributed by atoms with Crippen LogP contribution in [0.2, 0.25) is 0 Å². The molecule has 2 atom stereocenters. The average molecular weight is 454 g/mol. The predicted octanol–water partition coefficient (Wildman–Crippen LogP) is 1.14. The fourth-order valence-corrected chi connectivity index (χ4v) is 4.60. The van der Waals surface area contributed by atoms with Crippen molar-refractivity contribution in [3.8, 4) is 5.69 Å². The summed E-state index contributed by atoms with van der Waals surface area (Å²) in [6, 6.07) is 8.97. The molecular formula is C23H26N4O6. The number of carbonyl (C=O) groups excluding carboxylic acids is 4. The molecule has 1 saturated heterocycles. The Morgan fingerprint density at radius 1 is 1.03 bits per heavy atom. The van der Waals surface area contributed by atoms with Gasteiger partial charge >= 0.3 is 5.97 Å². The molecule has 0 spiro atoms. The number of carbonyl (C=O) groups is 4. The van der Waals surface area contributed by atoms with Gasteiger partial charge in [0.1, 0.15) is 12.2 Å². The van der Waals surface area contributed by atoms with Gasteiger partial charge in [0.05, 0.1) is 23.2 Å². The lowest BCUT2D eigenvalue weighted by atomic mass is 9.81. The Hall–Kier alpha value is -3.69. The van der Waals surface area contributed by atoms with Gasteiger partial charge in [-0.25, -0.2) is 4.68 Å². The monoisotopic (exact) mass is 454 g/mol. The van der Waals surface area contributed by atoms with Crippen molar-refractivity contribution < 1.29 is 23.9 Å². The molecular weight excluding hydrogens is 428 g/mol. The number of hydrogen-bond acceptors (Lipinski definition) is 6. The first-order chi connectivity index (χ1) is 15.8. The second-order valence-electron chi connectivity index (χ2n) is 8.41. The van der Waals surface area contributed by atoms with Crippen molar-refractivity contribution in [1.29, 1.82) is 0 Å². The van der Waals surface area contributed by atoms with Crippen molar-refractivity contribution in [2.45, 2.75) is 32.6 Å². The van der Waals surface area contributed by atoms with Gasteiger partial charge in [0.15, 0.2) is 6.61 Å². The van der Waals surface area contributed by atoms with Crippen molar-refractivity contribution >= 4 is 29.4 Å². The fraction of sp³-hybridized carbons (Fsp3) is 0.435. The Balaban J connectivity index is 1.36. The third-order valence-electron chi connectivity index (χ3n) is 6.40. The van der Waals surface area contributed by atoms with Crippen LogP contribution in [0.15, 0.2) is 35.1 Å². The predicted molar refractivity (Wildman–Crippen MR) is 118 cm³/mol. The molecule has 174 valence electrons. The standard InChI is InChI=1S/C23H26N4O6/c1-14-20(23(32)27(25(14)2)15-8-4-3-5-9-15)24-18(28)13-33-19(29)12-26-21(30)16-10-6-7-11-17(16)22(26)31/h3-5,8-9,16-17H,6-7,10-13H2,1-2H3,(H,24,28)/t16-,17-/m0/s1. The highest BCUT2D eigenvalue weighted by molar-refractivity contribution is 6.07. The summed E-state index contributed by atoms with van der Waals surface area (Å²) < 4.78 is 8.01. The zero-order valence-corrected chi connectivity index (χ0v) is 18.6. The van der Waals surface area contributed by atoms with E-state index in [1.54, 1.807) is 42.9 Å². The molecule has 1 saturated carbocycles. The van der Waals surface area contributed by atoms with E-state index in [-0.39, 0.29) is 29.3 Å². The molecule has 1 aromatic heterocycles. The molecule has 2 heterocycles. The Bertz CT molecular complexity index is 1140. The summed E-state index contributed by atoms with van der Waals surface area (Å²) in [6.07, 6.45) is 3.09. The average Bonchev–Trinajstić information content (AvgIpc) is 3.18. The number of aromatic nitrogens is 2. The van der Waals surface area contributed by atoms with Crippen LogP contribution in [0.3, 0.4) is 0 Å². The maximum absolute atomic E-state index is 12.8. The molecule has 1 aliphatic heterocycles. The van der Waals surface area contributed by atoms with E-state index in [1.807, 2.05) is 6.07 Å². The van der Waals surface area contributed by atoms with Crippen LogP contribution in [0.1, 0.15) is 31.4 Å². The smallest absolute Gasteiger partial charge is 0.326 e. The first kappa shape index (κ1) is 22.5. The van der Waals surface area contributed by atoms with Gasteiger partial charge in [-0.15, -0.1) is 0 Å². The van der Waals surface area contributed by atoms with Gasteiger partial charge in [0, 0.05) is 7.05 Å². The number of esters is 1. The van der Waals surface area contributed by atoms with E-state index in [0.717, 1.165) is 17.7 Å². The minimum absolute atomic E-state index is 0.0800. The number of ether oxygens (including phenoxy) is 1. The number of benzene rings is 1. The van der Waals surface area contributed by atoms with E-state index in [9.17, 15) is 24.0 Å². The molecule has 1 aliphatic carbocycles. The fourth-order valence-electron chi connectivity index (χ4n) is 4.60. The summed E-state index contributed by atoms with van der Waals surface area (Å²) in [6.45, 7) is 0.538. The highest BCUT2D eigenvalue weighted by atomic mass is 16.5. The first-order valence-corrected chi connectivity index (χ1v) is 10.9. The van der Waals surface area contributed by atoms with Crippen LogP contribution in [0.5, 0.6) is 0 Å². The number of nitrogens with one attached hydrogen (secondary N) is 1. The van der Waals surface area contributed by atoms with Crippen molar-refractivity contribution in [3.05, 3.63) is 46.4 Å². The normalized spacial score (nSPS) is 20.0. The molecule has 0 radical (unpaired) electrons. The molecule has 4 rings (SSSR count). The van der Waals surface area contributed by atoms with Crippen molar-refractivity contribution in [2.24, 2.45) is 18.9 Å². The van der Waals surface area contributed by atoms with E-state index in [2.05, 4.69) is 5.32 Å². The quantitative estimate of drug-likeness (QED) is 0.516. The van der Waals surface area contributed by atoms with Gasteiger partial charge in [-0.3, -0.25) is 33.6 Å². The third kappa shape index (κ3) is 4.20. The van der Waals surface area contributed by atoms with Crippen LogP contribution < -0.4 is 10.9 Å². The van der Waals surface area contributed by atoms with Gasteiger partial charge < -0.3 is 10.1 Å². The molecule has 10 nitrogen and oxygen atoms in total. The number of amides is 3. The van der Waals surface area contributed by atoms with Crippen LogP contribution in [-0.2, 0) is 31.0 Å². The Morgan fingerprint density at radius 3 is 2.24 bits per heavy atom. The second kappa shape index (κ2) is 9.05. The number of nitrogens with zero attached hydrogens (tertiary/aromatic N) is 3. The summed E-state index contributed by atoms with van der Waals surface area (Å²) in [5.74, 6) is -2.93. The minimum Gasteiger partial charge on any atom is -0.454 e. The lowest BCUT2D eigenvalue weighted by molar-refractivity contribution is -0.154. The number of anilines is 1. The molecule has 0 unspecified atom stereocenters. The SMILES string of the molecule is Cc1c(NC(=O)COC(=O)CN2C(=O)[C@H]3CCCC[C@@H]3C2=O)c(=O)n(-c2ccccc2)n1C. The topological polar surface area (TPSA) is 120 Å². The Kier molecular flexibility index (Phi) is 6.17. The maximum atomic E-state index is 12.8. The maximum Gasteiger partial charge on any atom is 0.326 e. The van der Waals surface area contributed by atoms with Crippen molar-refractivity contribution in [1.82, 2.24) is 14.3 Å². The van der Waals surface area contributed by atoms with Crippen LogP contribution in [0, 0.1) is 18.8 Å². The molecule has 0 bridgehead atoms. The molecule has 2 fully saturated rings. The molecule has 3 amide bonds. The van der Waals surface area contributed by atoms with Gasteiger partial charge in [-0.2, -0.15) is 0 Å². The highest BCUT2D eigenvalue weighted by Crippen LogP contribution is 2.37. The van der Waals surface area contributed by atoms with Crippen LogP contribution in [-0.4, -0.2) is 51.1 Å². The summed E-state index contributed by atoms with van der Waals surface area (Å²) in [4.78, 5) is 63.3. The summed E-state index contributed by atoms with van der Waals surface area (Å²) in [7, 11) is 1.70. The van der Waals surface area contributed by atoms with Gasteiger partial charge in [-0.05, 0) is 31.9 Å². The van der Waals surface area contributed by atoms with Gasteiger partial charge in [-0.1, -0.05) is 31.0 Å². The largest absolute Gasteiger partial charge is 0.454 e. The molecule has 2 aliphatic rings. The Labute approximate surface area is 190 Å². The zero-order chi connectivity index (χ0) is 23.7. The number of imide groups is 1. The first-order valence-electron chi connectivity index (χ1n) is 10.9. The van der Waals surface area contributed by atoms with Gasteiger partial charge in [0.25, 0.3) is 11.5 Å². The van der Waals surface area contributed by atoms with E-state index in [0.29, 0.717) is 24.2 Å². The lowest BCUT2D eigenvalue weighted by Crippen LogP contribution is -2.37. The number of para-hydroxylation sites is 1. The number of hydrogen-bond donors (Lipinski definition) is 1. The highest BCUT2D eigenvalue weighted by Gasteiger charge is 2.48. The van der Waals surface area contributed by atoms with Crippen LogP contribution in [0.4, 0.5) is 5.69 Å². The molecule has 33 heavy (non-hydrogen) atoms. The second-order valence-corrected chi connectivity index (χ2v) is 8.41. The summed E-state index contributed by atoms with van der Waals surface area (Å²) >= 11 is 0. The summed E-state index contributed by atoms with van der Waals surface area (Å²) in [5.41, 5.74) is 0.827. The lowest BCUT2D eigenvalue weighted by Gasteiger charge is -2.19. The van der Waals surface area contributed by atoms with E-state index in [4.69, 9.17) is 4.74 Å². The van der Waals surface area contributed by atoms with E-state index >= 15 is 0 Å². The number of rotatable bonds is 6. The van der Waals surface area contributed by atoms with E-state index in [1.165, 1.54) is 4.68 Å². The van der Waals surface area contributed by atoms with Crippen molar-refractivity contribution in [3.63, 3.8) is 0 Å². The Morgan fingerprint density at radius 2 is 1.64 bits per heavy atom. The minimum atomic E-state index is -0.850. The third-order valence-corrected chi connectivity index (χ3v) is 6.40. The summed E-state index contributed by atoms with van der Waals surface area (Å²) in [5, 5.41) is 2.50. The van der Waals surface area contributed by atoms with Crippen LogP contribution >= 0.6 is 0 Å². The number of fused-ring (bicyclic) bond motifs is 1. The van der Waals surface area contributed by atoms with E-state index < -0.39 is 30.6 Å². The molecule has 1 aromatic carbocycles. The zero-order valence-electron chi connectivity index (χ0n) is 18.6. The van der Waals surface area contributed by atoms with Gasteiger partial charge in [0.2, 0.25) is 11.8 Å². The number of likely N-dealkylation sites (tertiary alicyclic amines) is 1. The molecule has 2 aromatic rings. The van der Waals surface area contributed by atoms with Crippen molar-refractivity contribution in [2.75, 3.05) is 18.5 Å². The molecule has 1 N–H and O–H groups in total. The van der Waals surface area contributed by atoms with Crippen LogP contribution in [0.25, 0.3) is 5.69 Å². The molecule has 10 heteroatoms.